The van der Waals surface area contributed by atoms with Gasteiger partial charge in [-0.1, -0.05) is 24.6 Å². The molecule has 0 radical (unpaired) electrons. The Bertz CT molecular complexity index is 568. The topological polar surface area (TPSA) is 26.3 Å². The van der Waals surface area contributed by atoms with Gasteiger partial charge in [-0.25, -0.2) is 9.18 Å². The zero-order valence-electron chi connectivity index (χ0n) is 10.1. The predicted molar refractivity (Wildman–Crippen MR) is 66.1 cm³/mol. The van der Waals surface area contributed by atoms with E-state index in [0.29, 0.717) is 24.0 Å². The second-order valence-corrected chi connectivity index (χ2v) is 4.41. The summed E-state index contributed by atoms with van der Waals surface area (Å²) in [6.45, 7) is 5.07. The highest BCUT2D eigenvalue weighted by molar-refractivity contribution is 5.87. The Balaban J connectivity index is 2.45. The van der Waals surface area contributed by atoms with Crippen LogP contribution < -0.4 is 0 Å². The fraction of sp³-hybridized carbons (Fsp3) is 0.267. The molecule has 1 aliphatic rings. The maximum Gasteiger partial charge on any atom is 0.334 e. The number of fused-ring (bicyclic) bond motifs is 1. The van der Waals surface area contributed by atoms with Crippen LogP contribution in [0.15, 0.2) is 30.4 Å². The molecule has 0 saturated carbocycles. The number of carbonyl (C=O) groups excluding carboxylic acids is 1. The lowest BCUT2D eigenvalue weighted by atomic mass is 9.96. The Kier molecular flexibility index (Phi) is 2.96. The van der Waals surface area contributed by atoms with E-state index in [9.17, 15) is 9.18 Å². The quantitative estimate of drug-likeness (QED) is 0.454. The summed E-state index contributed by atoms with van der Waals surface area (Å²) >= 11 is 0. The van der Waals surface area contributed by atoms with Crippen LogP contribution in [0.5, 0.6) is 0 Å². The standard InChI is InChI=1S/C15H13FO2/c1-4-15(18-14(17)10(2)3)9-8-11-12(15)6-5-7-13(11)16/h1,5-7H,2,8-9H2,3H3. The molecule has 0 aromatic heterocycles. The summed E-state index contributed by atoms with van der Waals surface area (Å²) in [5.41, 5.74) is 0.215. The van der Waals surface area contributed by atoms with Crippen molar-refractivity contribution in [1.29, 1.82) is 0 Å². The van der Waals surface area contributed by atoms with E-state index in [0.717, 1.165) is 0 Å². The van der Waals surface area contributed by atoms with Crippen LogP contribution in [0.1, 0.15) is 24.5 Å². The molecule has 0 aliphatic heterocycles. The van der Waals surface area contributed by atoms with Crippen molar-refractivity contribution in [3.63, 3.8) is 0 Å². The third-order valence-electron chi connectivity index (χ3n) is 3.13. The number of benzene rings is 1. The molecule has 3 heteroatoms. The van der Waals surface area contributed by atoms with Crippen LogP contribution in [0.25, 0.3) is 0 Å². The van der Waals surface area contributed by atoms with E-state index in [1.54, 1.807) is 19.1 Å². The Labute approximate surface area is 105 Å². The van der Waals surface area contributed by atoms with Crippen LogP contribution in [0.4, 0.5) is 4.39 Å². The van der Waals surface area contributed by atoms with E-state index in [1.165, 1.54) is 6.07 Å². The van der Waals surface area contributed by atoms with Gasteiger partial charge in [0.15, 0.2) is 5.60 Å². The van der Waals surface area contributed by atoms with Gasteiger partial charge in [0.05, 0.1) is 0 Å². The third kappa shape index (κ3) is 1.80. The van der Waals surface area contributed by atoms with E-state index in [4.69, 9.17) is 11.2 Å². The number of terminal acetylenes is 1. The fourth-order valence-corrected chi connectivity index (χ4v) is 2.16. The summed E-state index contributed by atoms with van der Waals surface area (Å²) in [6, 6.07) is 4.66. The lowest BCUT2D eigenvalue weighted by Gasteiger charge is -2.24. The first-order valence-electron chi connectivity index (χ1n) is 5.64. The van der Waals surface area contributed by atoms with Crippen molar-refractivity contribution >= 4 is 5.97 Å². The zero-order valence-corrected chi connectivity index (χ0v) is 10.1. The van der Waals surface area contributed by atoms with Gasteiger partial charge in [-0.2, -0.15) is 0 Å². The van der Waals surface area contributed by atoms with Crippen molar-refractivity contribution < 1.29 is 13.9 Å². The summed E-state index contributed by atoms with van der Waals surface area (Å²) < 4.78 is 19.0. The zero-order chi connectivity index (χ0) is 13.3. The van der Waals surface area contributed by atoms with Gasteiger partial charge >= 0.3 is 5.97 Å². The van der Waals surface area contributed by atoms with Gasteiger partial charge in [-0.05, 0) is 25.0 Å². The Morgan fingerprint density at radius 3 is 2.94 bits per heavy atom. The van der Waals surface area contributed by atoms with Crippen molar-refractivity contribution in [2.24, 2.45) is 0 Å². The van der Waals surface area contributed by atoms with Gasteiger partial charge < -0.3 is 4.74 Å². The second kappa shape index (κ2) is 4.30. The maximum atomic E-state index is 13.6. The molecule has 0 amide bonds. The maximum absolute atomic E-state index is 13.6. The van der Waals surface area contributed by atoms with Crippen LogP contribution in [0.3, 0.4) is 0 Å². The van der Waals surface area contributed by atoms with Crippen LogP contribution in [0, 0.1) is 18.2 Å². The van der Waals surface area contributed by atoms with Gasteiger partial charge in [-0.3, -0.25) is 0 Å². The van der Waals surface area contributed by atoms with Crippen molar-refractivity contribution in [2.45, 2.75) is 25.4 Å². The average molecular weight is 244 g/mol. The van der Waals surface area contributed by atoms with Crippen molar-refractivity contribution in [2.75, 3.05) is 0 Å². The molecule has 0 N–H and O–H groups in total. The van der Waals surface area contributed by atoms with E-state index >= 15 is 0 Å². The molecule has 2 rings (SSSR count). The summed E-state index contributed by atoms with van der Waals surface area (Å²) in [5.74, 6) is 1.64. The highest BCUT2D eigenvalue weighted by Crippen LogP contribution is 2.41. The molecular formula is C15H13FO2. The molecule has 1 aromatic rings. The van der Waals surface area contributed by atoms with Gasteiger partial charge in [0.1, 0.15) is 5.82 Å². The molecule has 1 aliphatic carbocycles. The van der Waals surface area contributed by atoms with E-state index in [-0.39, 0.29) is 11.4 Å². The first-order chi connectivity index (χ1) is 8.50. The van der Waals surface area contributed by atoms with Gasteiger partial charge in [-0.15, -0.1) is 6.42 Å². The molecule has 18 heavy (non-hydrogen) atoms. The lowest BCUT2D eigenvalue weighted by molar-refractivity contribution is -0.150. The fourth-order valence-electron chi connectivity index (χ4n) is 2.16. The number of rotatable bonds is 2. The van der Waals surface area contributed by atoms with E-state index in [1.807, 2.05) is 0 Å². The predicted octanol–water partition coefficient (Wildman–Crippen LogP) is 2.72. The van der Waals surface area contributed by atoms with E-state index < -0.39 is 11.6 Å². The van der Waals surface area contributed by atoms with Crippen molar-refractivity contribution in [3.8, 4) is 12.3 Å². The lowest BCUT2D eigenvalue weighted by Crippen LogP contribution is -2.28. The molecular weight excluding hydrogens is 231 g/mol. The molecule has 0 fully saturated rings. The minimum Gasteiger partial charge on any atom is -0.438 e. The minimum absolute atomic E-state index is 0.273. The number of hydrogen-bond acceptors (Lipinski definition) is 2. The summed E-state index contributed by atoms with van der Waals surface area (Å²) in [5, 5.41) is 0. The van der Waals surface area contributed by atoms with Gasteiger partial charge in [0.2, 0.25) is 0 Å². The third-order valence-corrected chi connectivity index (χ3v) is 3.13. The molecule has 0 spiro atoms. The van der Waals surface area contributed by atoms with Crippen LogP contribution in [-0.4, -0.2) is 5.97 Å². The monoisotopic (exact) mass is 244 g/mol. The summed E-state index contributed by atoms with van der Waals surface area (Å²) in [6.07, 6.45) is 6.37. The number of ether oxygens (including phenoxy) is 1. The Morgan fingerprint density at radius 2 is 2.33 bits per heavy atom. The Morgan fingerprint density at radius 1 is 1.61 bits per heavy atom. The first-order valence-corrected chi connectivity index (χ1v) is 5.64. The molecule has 0 bridgehead atoms. The number of halogens is 1. The number of esters is 1. The molecule has 0 heterocycles. The van der Waals surface area contributed by atoms with Crippen LogP contribution in [-0.2, 0) is 21.6 Å². The van der Waals surface area contributed by atoms with Crippen LogP contribution in [0.2, 0.25) is 0 Å². The SMILES string of the molecule is C#CC1(OC(=O)C(=C)C)CCc2c(F)cccc21. The minimum atomic E-state index is -1.16. The molecule has 1 atom stereocenters. The molecule has 2 nitrogen and oxygen atoms in total. The highest BCUT2D eigenvalue weighted by atomic mass is 19.1. The molecule has 0 saturated heterocycles. The molecule has 1 unspecified atom stereocenters. The van der Waals surface area contributed by atoms with Gasteiger partial charge in [0.25, 0.3) is 0 Å². The normalized spacial score (nSPS) is 20.9. The van der Waals surface area contributed by atoms with Crippen molar-refractivity contribution in [1.82, 2.24) is 0 Å². The smallest absolute Gasteiger partial charge is 0.334 e. The highest BCUT2D eigenvalue weighted by Gasteiger charge is 2.42. The largest absolute Gasteiger partial charge is 0.438 e. The van der Waals surface area contributed by atoms with Crippen molar-refractivity contribution in [3.05, 3.63) is 47.3 Å². The van der Waals surface area contributed by atoms with Gasteiger partial charge in [0, 0.05) is 17.6 Å². The second-order valence-electron chi connectivity index (χ2n) is 4.41. The summed E-state index contributed by atoms with van der Waals surface area (Å²) in [4.78, 5) is 11.6. The number of carbonyl (C=O) groups is 1. The molecule has 92 valence electrons. The van der Waals surface area contributed by atoms with Crippen LogP contribution >= 0.6 is 0 Å². The summed E-state index contributed by atoms with van der Waals surface area (Å²) in [7, 11) is 0. The first kappa shape index (κ1) is 12.4. The average Bonchev–Trinajstić information content (AvgIpc) is 2.70. The Hall–Kier alpha value is -2.08. The van der Waals surface area contributed by atoms with E-state index in [2.05, 4.69) is 12.5 Å². The molecule has 1 aromatic carbocycles. The number of hydrogen-bond donors (Lipinski definition) is 0.